The van der Waals surface area contributed by atoms with E-state index < -0.39 is 5.91 Å². The van der Waals surface area contributed by atoms with Gasteiger partial charge >= 0.3 is 0 Å². The lowest BCUT2D eigenvalue weighted by atomic mass is 10.0. The number of amides is 1. The van der Waals surface area contributed by atoms with Crippen LogP contribution in [-0.4, -0.2) is 26.0 Å². The van der Waals surface area contributed by atoms with Gasteiger partial charge in [-0.25, -0.2) is 15.0 Å². The molecule has 146 valence electrons. The molecule has 2 aromatic heterocycles. The maximum atomic E-state index is 11.4. The second-order valence-corrected chi connectivity index (χ2v) is 6.05. The summed E-state index contributed by atoms with van der Waals surface area (Å²) in [4.78, 5) is 25.1. The molecule has 6 heteroatoms. The first-order valence-corrected chi connectivity index (χ1v) is 9.40. The van der Waals surface area contributed by atoms with Crippen LogP contribution in [0.3, 0.4) is 0 Å². The first-order valence-electron chi connectivity index (χ1n) is 9.40. The Balaban J connectivity index is 0.00000117. The van der Waals surface area contributed by atoms with Crippen LogP contribution in [0.25, 0.3) is 33.7 Å². The number of pyridine rings is 1. The van der Waals surface area contributed by atoms with Gasteiger partial charge in [-0.3, -0.25) is 4.79 Å². The normalized spacial score (nSPS) is 10.3. The summed E-state index contributed by atoms with van der Waals surface area (Å²) in [6.07, 6.45) is 0. The van der Waals surface area contributed by atoms with E-state index in [-0.39, 0.29) is 12.3 Å². The van der Waals surface area contributed by atoms with Crippen LogP contribution in [0.1, 0.15) is 29.9 Å². The van der Waals surface area contributed by atoms with Crippen LogP contribution in [0.2, 0.25) is 0 Å². The summed E-state index contributed by atoms with van der Waals surface area (Å²) in [6, 6.07) is 20.4. The predicted octanol–water partition coefficient (Wildman–Crippen LogP) is 3.98. The molecule has 0 aliphatic rings. The average Bonchev–Trinajstić information content (AvgIpc) is 2.79. The molecule has 0 aliphatic heterocycles. The number of hydrogen-bond donors (Lipinski definition) is 2. The van der Waals surface area contributed by atoms with Gasteiger partial charge in [0.15, 0.2) is 5.65 Å². The fourth-order valence-corrected chi connectivity index (χ4v) is 2.85. The van der Waals surface area contributed by atoms with Crippen molar-refractivity contribution in [3.8, 4) is 22.5 Å². The molecule has 0 radical (unpaired) electrons. The quantitative estimate of drug-likeness (QED) is 0.552. The second-order valence-electron chi connectivity index (χ2n) is 6.05. The molecule has 0 spiro atoms. The first kappa shape index (κ1) is 20.1. The highest BCUT2D eigenvalue weighted by molar-refractivity contribution is 5.93. The lowest BCUT2D eigenvalue weighted by Crippen LogP contribution is -2.13. The minimum absolute atomic E-state index is 0.0290. The minimum atomic E-state index is -0.611. The number of rotatable bonds is 4. The molecular weight excluding hydrogens is 364 g/mol. The van der Waals surface area contributed by atoms with E-state index >= 15 is 0 Å². The number of aliphatic hydroxyl groups is 1. The molecule has 0 saturated heterocycles. The molecule has 3 N–H and O–H groups in total. The lowest BCUT2D eigenvalue weighted by Gasteiger charge is -2.11. The van der Waals surface area contributed by atoms with E-state index in [4.69, 9.17) is 10.7 Å². The van der Waals surface area contributed by atoms with Gasteiger partial charge in [0.05, 0.1) is 18.0 Å². The van der Waals surface area contributed by atoms with Crippen molar-refractivity contribution in [2.45, 2.75) is 20.5 Å². The molecule has 6 nitrogen and oxygen atoms in total. The third kappa shape index (κ3) is 4.28. The van der Waals surface area contributed by atoms with Gasteiger partial charge in [0.2, 0.25) is 0 Å². The smallest absolute Gasteiger partial charge is 0.267 e. The number of aliphatic hydroxyl groups excluding tert-OH is 1. The van der Waals surface area contributed by atoms with Crippen molar-refractivity contribution in [2.75, 3.05) is 0 Å². The number of benzene rings is 2. The number of fused-ring (bicyclic) bond motifs is 1. The number of aromatic nitrogens is 3. The topological polar surface area (TPSA) is 102 Å². The number of hydrogen-bond acceptors (Lipinski definition) is 5. The summed E-state index contributed by atoms with van der Waals surface area (Å²) in [6.45, 7) is 3.97. The molecule has 0 aliphatic carbocycles. The van der Waals surface area contributed by atoms with Gasteiger partial charge in [0.1, 0.15) is 11.2 Å². The Morgan fingerprint density at radius 1 is 0.828 bits per heavy atom. The van der Waals surface area contributed by atoms with Gasteiger partial charge in [0.25, 0.3) is 5.91 Å². The summed E-state index contributed by atoms with van der Waals surface area (Å²) in [5.41, 5.74) is 10.3. The number of carbonyl (C=O) groups excluding carboxylic acids is 1. The average molecular weight is 386 g/mol. The van der Waals surface area contributed by atoms with Crippen LogP contribution in [0.5, 0.6) is 0 Å². The van der Waals surface area contributed by atoms with E-state index in [1.54, 1.807) is 12.1 Å². The van der Waals surface area contributed by atoms with E-state index in [2.05, 4.69) is 9.97 Å². The molecule has 0 unspecified atom stereocenters. The molecule has 4 rings (SSSR count). The summed E-state index contributed by atoms with van der Waals surface area (Å²) in [7, 11) is 0. The van der Waals surface area contributed by atoms with Crippen LogP contribution in [0.15, 0.2) is 66.7 Å². The van der Waals surface area contributed by atoms with Crippen molar-refractivity contribution in [1.82, 2.24) is 15.0 Å². The van der Waals surface area contributed by atoms with Crippen molar-refractivity contribution < 1.29 is 9.90 Å². The molecule has 0 saturated carbocycles. The van der Waals surface area contributed by atoms with Crippen molar-refractivity contribution in [1.29, 1.82) is 0 Å². The Morgan fingerprint density at radius 3 is 2.07 bits per heavy atom. The molecule has 0 atom stereocenters. The number of nitrogens with two attached hydrogens (primary N) is 1. The summed E-state index contributed by atoms with van der Waals surface area (Å²) in [5.74, 6) is -0.611. The Kier molecular flexibility index (Phi) is 6.26. The zero-order valence-corrected chi connectivity index (χ0v) is 16.3. The molecule has 2 heterocycles. The maximum Gasteiger partial charge on any atom is 0.267 e. The van der Waals surface area contributed by atoms with Crippen LogP contribution in [0.4, 0.5) is 0 Å². The first-order chi connectivity index (χ1) is 14.2. The van der Waals surface area contributed by atoms with Gasteiger partial charge in [-0.1, -0.05) is 68.4 Å². The Labute approximate surface area is 169 Å². The van der Waals surface area contributed by atoms with E-state index in [1.165, 1.54) is 0 Å². The summed E-state index contributed by atoms with van der Waals surface area (Å²) in [5, 5.41) is 9.27. The van der Waals surface area contributed by atoms with Crippen LogP contribution >= 0.6 is 0 Å². The van der Waals surface area contributed by atoms with Crippen molar-refractivity contribution >= 4 is 17.1 Å². The molecule has 29 heavy (non-hydrogen) atoms. The summed E-state index contributed by atoms with van der Waals surface area (Å²) >= 11 is 0. The van der Waals surface area contributed by atoms with Crippen molar-refractivity contribution in [3.05, 3.63) is 78.0 Å². The zero-order valence-electron chi connectivity index (χ0n) is 16.3. The third-order valence-corrected chi connectivity index (χ3v) is 4.24. The maximum absolute atomic E-state index is 11.4. The van der Waals surface area contributed by atoms with Gasteiger partial charge < -0.3 is 10.8 Å². The standard InChI is InChI=1S/C21H16N4O2.C2H6/c22-20(27)16-10-11-17-21(24-16)25-19(15-8-6-13(12-26)7-9-15)18(23-17)14-4-2-1-3-5-14;1-2/h1-11,26H,12H2,(H2,22,27);1-2H3. The molecular formula is C23H22N4O2. The summed E-state index contributed by atoms with van der Waals surface area (Å²) < 4.78 is 0. The molecule has 2 aromatic carbocycles. The van der Waals surface area contributed by atoms with Crippen LogP contribution in [0, 0.1) is 0 Å². The third-order valence-electron chi connectivity index (χ3n) is 4.24. The highest BCUT2D eigenvalue weighted by Crippen LogP contribution is 2.30. The molecule has 4 aromatic rings. The van der Waals surface area contributed by atoms with E-state index in [0.717, 1.165) is 16.7 Å². The molecule has 0 bridgehead atoms. The van der Waals surface area contributed by atoms with Crippen molar-refractivity contribution in [3.63, 3.8) is 0 Å². The van der Waals surface area contributed by atoms with Gasteiger partial charge in [0, 0.05) is 11.1 Å². The highest BCUT2D eigenvalue weighted by atomic mass is 16.3. The van der Waals surface area contributed by atoms with Crippen molar-refractivity contribution in [2.24, 2.45) is 5.73 Å². The van der Waals surface area contributed by atoms with E-state index in [1.807, 2.05) is 68.4 Å². The Bertz CT molecular complexity index is 1130. The minimum Gasteiger partial charge on any atom is -0.392 e. The van der Waals surface area contributed by atoms with Gasteiger partial charge in [-0.2, -0.15) is 0 Å². The molecule has 1 amide bonds. The predicted molar refractivity (Wildman–Crippen MR) is 114 cm³/mol. The van der Waals surface area contributed by atoms with Gasteiger partial charge in [-0.15, -0.1) is 0 Å². The fourth-order valence-electron chi connectivity index (χ4n) is 2.85. The lowest BCUT2D eigenvalue weighted by molar-refractivity contribution is 0.0996. The number of nitrogens with zero attached hydrogens (tertiary/aromatic N) is 3. The second kappa shape index (κ2) is 9.03. The highest BCUT2D eigenvalue weighted by Gasteiger charge is 2.15. The van der Waals surface area contributed by atoms with E-state index in [9.17, 15) is 9.90 Å². The van der Waals surface area contributed by atoms with Gasteiger partial charge in [-0.05, 0) is 17.7 Å². The number of carbonyl (C=O) groups is 1. The largest absolute Gasteiger partial charge is 0.392 e. The monoisotopic (exact) mass is 386 g/mol. The van der Waals surface area contributed by atoms with Crippen LogP contribution < -0.4 is 5.73 Å². The fraction of sp³-hybridized carbons (Fsp3) is 0.130. The molecule has 0 fully saturated rings. The van der Waals surface area contributed by atoms with E-state index in [0.29, 0.717) is 22.6 Å². The van der Waals surface area contributed by atoms with Crippen LogP contribution in [-0.2, 0) is 6.61 Å². The SMILES string of the molecule is CC.NC(=O)c1ccc2nc(-c3ccccc3)c(-c3ccc(CO)cc3)nc2n1. The Hall–Kier alpha value is -3.64. The Morgan fingerprint density at radius 2 is 1.45 bits per heavy atom. The zero-order chi connectivity index (χ0) is 20.8. The number of primary amides is 1.